The Morgan fingerprint density at radius 1 is 1.12 bits per heavy atom. The number of carbonyl (C=O) groups is 1. The van der Waals surface area contributed by atoms with Gasteiger partial charge in [-0.1, -0.05) is 24.3 Å². The summed E-state index contributed by atoms with van der Waals surface area (Å²) < 4.78 is 52.7. The number of halogens is 3. The maximum Gasteiger partial charge on any atom is 0.573 e. The summed E-state index contributed by atoms with van der Waals surface area (Å²) >= 11 is 0. The zero-order valence-corrected chi connectivity index (χ0v) is 18.4. The van der Waals surface area contributed by atoms with E-state index >= 15 is 0 Å². The molecule has 0 unspecified atom stereocenters. The van der Waals surface area contributed by atoms with Gasteiger partial charge in [-0.25, -0.2) is 0 Å². The van der Waals surface area contributed by atoms with Crippen LogP contribution in [0.15, 0.2) is 48.5 Å². The number of piperidine rings is 1. The fraction of sp³-hybridized carbons (Fsp3) is 0.458. The van der Waals surface area contributed by atoms with Crippen LogP contribution in [0.2, 0.25) is 0 Å². The van der Waals surface area contributed by atoms with E-state index in [1.165, 1.54) is 12.1 Å². The lowest BCUT2D eigenvalue weighted by atomic mass is 9.75. The molecule has 2 aromatic carbocycles. The van der Waals surface area contributed by atoms with Crippen LogP contribution in [0.4, 0.5) is 13.2 Å². The average molecular weight is 467 g/mol. The molecule has 1 N–H and O–H groups in total. The third-order valence-electron chi connectivity index (χ3n) is 5.77. The number of esters is 1. The van der Waals surface area contributed by atoms with Gasteiger partial charge in [-0.15, -0.1) is 13.2 Å². The molecule has 1 aliphatic rings. The summed E-state index contributed by atoms with van der Waals surface area (Å²) in [6, 6.07) is 13.3. The second-order valence-electron chi connectivity index (χ2n) is 8.04. The fourth-order valence-corrected chi connectivity index (χ4v) is 3.98. The first-order valence-corrected chi connectivity index (χ1v) is 10.9. The van der Waals surface area contributed by atoms with E-state index in [9.17, 15) is 23.1 Å². The number of para-hydroxylation sites is 1. The van der Waals surface area contributed by atoms with Crippen molar-refractivity contribution in [3.05, 3.63) is 54.1 Å². The molecule has 0 spiro atoms. The summed E-state index contributed by atoms with van der Waals surface area (Å²) in [6.07, 6.45) is -3.28. The summed E-state index contributed by atoms with van der Waals surface area (Å²) in [5.41, 5.74) is -0.0936. The molecule has 1 fully saturated rings. The van der Waals surface area contributed by atoms with E-state index in [0.717, 1.165) is 5.75 Å². The Hall–Kier alpha value is -2.94. The van der Waals surface area contributed by atoms with Gasteiger partial charge in [0, 0.05) is 6.54 Å². The van der Waals surface area contributed by atoms with Crippen molar-refractivity contribution in [3.8, 4) is 17.2 Å². The van der Waals surface area contributed by atoms with Gasteiger partial charge < -0.3 is 19.3 Å². The lowest BCUT2D eigenvalue weighted by molar-refractivity contribution is -0.275. The quantitative estimate of drug-likeness (QED) is 0.529. The van der Waals surface area contributed by atoms with E-state index in [2.05, 4.69) is 9.64 Å². The van der Waals surface area contributed by atoms with Gasteiger partial charge in [0.05, 0.1) is 18.6 Å². The van der Waals surface area contributed by atoms with Crippen molar-refractivity contribution in [2.24, 2.45) is 5.41 Å². The Bertz CT molecular complexity index is 912. The molecule has 3 rings (SSSR count). The largest absolute Gasteiger partial charge is 0.573 e. The Kier molecular flexibility index (Phi) is 8.07. The molecule has 0 aliphatic carbocycles. The molecule has 0 radical (unpaired) electrons. The van der Waals surface area contributed by atoms with Crippen molar-refractivity contribution in [1.82, 2.24) is 4.90 Å². The summed E-state index contributed by atoms with van der Waals surface area (Å²) in [5, 5.41) is 9.65. The van der Waals surface area contributed by atoms with Crippen LogP contribution < -0.4 is 9.47 Å². The molecule has 180 valence electrons. The molecule has 33 heavy (non-hydrogen) atoms. The summed E-state index contributed by atoms with van der Waals surface area (Å²) in [7, 11) is 0. The number of ether oxygens (including phenoxy) is 3. The van der Waals surface area contributed by atoms with Crippen LogP contribution >= 0.6 is 0 Å². The minimum atomic E-state index is -4.89. The van der Waals surface area contributed by atoms with Crippen LogP contribution in [-0.4, -0.2) is 48.6 Å². The first kappa shape index (κ1) is 24.7. The molecule has 0 atom stereocenters. The van der Waals surface area contributed by atoms with Crippen LogP contribution in [0.25, 0.3) is 0 Å². The molecule has 6 nitrogen and oxygen atoms in total. The lowest BCUT2D eigenvalue weighted by Gasteiger charge is -2.40. The Morgan fingerprint density at radius 3 is 2.45 bits per heavy atom. The molecule has 0 saturated carbocycles. The van der Waals surface area contributed by atoms with Gasteiger partial charge in [0.1, 0.15) is 5.75 Å². The molecule has 0 bridgehead atoms. The highest BCUT2D eigenvalue weighted by molar-refractivity contribution is 5.77. The number of nitrogens with zero attached hydrogens (tertiary/aromatic N) is 1. The Morgan fingerprint density at radius 2 is 1.82 bits per heavy atom. The van der Waals surface area contributed by atoms with E-state index in [-0.39, 0.29) is 5.97 Å². The summed E-state index contributed by atoms with van der Waals surface area (Å²) in [6.45, 7) is 3.94. The zero-order valence-electron chi connectivity index (χ0n) is 18.4. The second kappa shape index (κ2) is 10.8. The molecule has 1 heterocycles. The number of alkyl halides is 3. The predicted octanol–water partition coefficient (Wildman–Crippen LogP) is 4.91. The van der Waals surface area contributed by atoms with E-state index < -0.39 is 23.3 Å². The smallest absolute Gasteiger partial charge is 0.504 e. The molecule has 1 aliphatic heterocycles. The lowest BCUT2D eigenvalue weighted by Crippen LogP contribution is -2.45. The maximum atomic E-state index is 12.8. The maximum absolute atomic E-state index is 12.8. The van der Waals surface area contributed by atoms with Gasteiger partial charge in [0.15, 0.2) is 11.5 Å². The molecular weight excluding hydrogens is 439 g/mol. The summed E-state index contributed by atoms with van der Waals surface area (Å²) in [5.74, 6) is -0.713. The van der Waals surface area contributed by atoms with Gasteiger partial charge in [-0.05, 0) is 69.1 Å². The minimum Gasteiger partial charge on any atom is -0.504 e. The molecular formula is C24H28F3NO5. The van der Waals surface area contributed by atoms with Crippen LogP contribution in [0.1, 0.15) is 31.7 Å². The van der Waals surface area contributed by atoms with Crippen molar-refractivity contribution in [2.75, 3.05) is 26.3 Å². The van der Waals surface area contributed by atoms with Gasteiger partial charge in [-0.2, -0.15) is 0 Å². The average Bonchev–Trinajstić information content (AvgIpc) is 2.77. The second-order valence-corrected chi connectivity index (χ2v) is 8.04. The van der Waals surface area contributed by atoms with Crippen LogP contribution in [0.3, 0.4) is 0 Å². The normalized spacial score (nSPS) is 16.2. The number of benzene rings is 2. The van der Waals surface area contributed by atoms with Crippen LogP contribution in [0, 0.1) is 5.41 Å². The van der Waals surface area contributed by atoms with E-state index in [1.807, 2.05) is 30.3 Å². The molecule has 0 aromatic heterocycles. The van der Waals surface area contributed by atoms with Crippen molar-refractivity contribution < 1.29 is 37.3 Å². The van der Waals surface area contributed by atoms with Gasteiger partial charge in [0.2, 0.25) is 0 Å². The Balaban J connectivity index is 1.61. The number of rotatable bonds is 9. The highest BCUT2D eigenvalue weighted by Crippen LogP contribution is 2.38. The third kappa shape index (κ3) is 7.02. The number of phenols is 1. The van der Waals surface area contributed by atoms with E-state index in [0.29, 0.717) is 57.7 Å². The first-order valence-electron chi connectivity index (χ1n) is 10.9. The topological polar surface area (TPSA) is 68.2 Å². The SMILES string of the molecule is CCOC(=O)C1(CCOc2ccccc2)CCN(Cc2ccc(O)c(OC(F)(F)F)c2)CC1. The highest BCUT2D eigenvalue weighted by atomic mass is 19.4. The molecule has 0 amide bonds. The number of hydrogen-bond donors (Lipinski definition) is 1. The number of phenolic OH excluding ortho intramolecular Hbond substituents is 1. The van der Waals surface area contributed by atoms with Crippen molar-refractivity contribution in [1.29, 1.82) is 0 Å². The molecule has 2 aromatic rings. The van der Waals surface area contributed by atoms with Gasteiger partial charge in [0.25, 0.3) is 0 Å². The number of carbonyl (C=O) groups excluding carboxylic acids is 1. The van der Waals surface area contributed by atoms with E-state index in [1.54, 1.807) is 13.0 Å². The third-order valence-corrected chi connectivity index (χ3v) is 5.77. The Labute approximate surface area is 190 Å². The van der Waals surface area contributed by atoms with Crippen molar-refractivity contribution >= 4 is 5.97 Å². The molecule has 9 heteroatoms. The van der Waals surface area contributed by atoms with Crippen molar-refractivity contribution in [2.45, 2.75) is 39.1 Å². The number of likely N-dealkylation sites (tertiary alicyclic amines) is 1. The van der Waals surface area contributed by atoms with E-state index in [4.69, 9.17) is 9.47 Å². The standard InChI is InChI=1S/C24H28F3NO5/c1-2-31-22(30)23(12-15-32-19-6-4-3-5-7-19)10-13-28(14-11-23)17-18-8-9-20(29)21(16-18)33-24(25,26)27/h3-9,16,29H,2,10-15,17H2,1H3. The summed E-state index contributed by atoms with van der Waals surface area (Å²) in [4.78, 5) is 14.9. The predicted molar refractivity (Wildman–Crippen MR) is 115 cm³/mol. The van der Waals surface area contributed by atoms with Crippen LogP contribution in [0.5, 0.6) is 17.2 Å². The van der Waals surface area contributed by atoms with Gasteiger partial charge >= 0.3 is 12.3 Å². The van der Waals surface area contributed by atoms with Gasteiger partial charge in [-0.3, -0.25) is 9.69 Å². The molecule has 1 saturated heterocycles. The minimum absolute atomic E-state index is 0.244. The zero-order chi connectivity index (χ0) is 23.9. The van der Waals surface area contributed by atoms with Crippen molar-refractivity contribution in [3.63, 3.8) is 0 Å². The first-order chi connectivity index (χ1) is 15.7. The monoisotopic (exact) mass is 467 g/mol. The number of aromatic hydroxyl groups is 1. The number of hydrogen-bond acceptors (Lipinski definition) is 6. The fourth-order valence-electron chi connectivity index (χ4n) is 3.98. The van der Waals surface area contributed by atoms with Crippen LogP contribution in [-0.2, 0) is 16.1 Å². The highest BCUT2D eigenvalue weighted by Gasteiger charge is 2.42.